The summed E-state index contributed by atoms with van der Waals surface area (Å²) >= 11 is 0. The Bertz CT molecular complexity index is 257. The van der Waals surface area contributed by atoms with E-state index in [2.05, 4.69) is 10.3 Å². The Balaban J connectivity index is 0.00000400. The molecule has 0 bridgehead atoms. The Morgan fingerprint density at radius 3 is 2.48 bits per heavy atom. The standard InChI is InChI=1S/C15H31N3O2.HI/c1-19-12-13-20-11-7-6-10-17-15(16)18-14-8-4-2-3-5-9-14;/h14H,2-13H2,1H3,(H3,16,17,18);1H. The number of ether oxygens (including phenoxy) is 2. The topological polar surface area (TPSA) is 68.9 Å². The molecule has 0 unspecified atom stereocenters. The molecule has 1 rings (SSSR count). The van der Waals surface area contributed by atoms with Crippen molar-refractivity contribution < 1.29 is 9.47 Å². The van der Waals surface area contributed by atoms with E-state index >= 15 is 0 Å². The van der Waals surface area contributed by atoms with Crippen LogP contribution in [-0.4, -0.2) is 45.5 Å². The zero-order valence-electron chi connectivity index (χ0n) is 13.3. The molecule has 21 heavy (non-hydrogen) atoms. The van der Waals surface area contributed by atoms with Crippen LogP contribution in [0.1, 0.15) is 51.4 Å². The van der Waals surface area contributed by atoms with Gasteiger partial charge < -0.3 is 20.5 Å². The van der Waals surface area contributed by atoms with Gasteiger partial charge in [-0.25, -0.2) is 0 Å². The van der Waals surface area contributed by atoms with Gasteiger partial charge in [-0.05, 0) is 25.7 Å². The maximum absolute atomic E-state index is 5.93. The normalized spacial score (nSPS) is 17.1. The number of methoxy groups -OCH3 is 1. The molecular weight excluding hydrogens is 381 g/mol. The van der Waals surface area contributed by atoms with Crippen LogP contribution in [0.5, 0.6) is 0 Å². The average molecular weight is 413 g/mol. The van der Waals surface area contributed by atoms with Crippen LogP contribution in [0, 0.1) is 0 Å². The van der Waals surface area contributed by atoms with Gasteiger partial charge in [-0.2, -0.15) is 0 Å². The van der Waals surface area contributed by atoms with Crippen LogP contribution in [-0.2, 0) is 9.47 Å². The van der Waals surface area contributed by atoms with Gasteiger partial charge in [0.2, 0.25) is 0 Å². The smallest absolute Gasteiger partial charge is 0.188 e. The van der Waals surface area contributed by atoms with Gasteiger partial charge in [-0.15, -0.1) is 24.0 Å². The van der Waals surface area contributed by atoms with Crippen molar-refractivity contribution in [3.05, 3.63) is 0 Å². The van der Waals surface area contributed by atoms with Gasteiger partial charge in [0.15, 0.2) is 5.96 Å². The fraction of sp³-hybridized carbons (Fsp3) is 0.933. The minimum Gasteiger partial charge on any atom is -0.382 e. The molecule has 126 valence electrons. The fourth-order valence-corrected chi connectivity index (χ4v) is 2.44. The lowest BCUT2D eigenvalue weighted by Crippen LogP contribution is -2.39. The highest BCUT2D eigenvalue weighted by atomic mass is 127. The molecule has 0 amide bonds. The second-order valence-electron chi connectivity index (χ2n) is 5.41. The molecule has 0 atom stereocenters. The number of aliphatic imine (C=N–C) groups is 1. The summed E-state index contributed by atoms with van der Waals surface area (Å²) < 4.78 is 10.3. The van der Waals surface area contributed by atoms with Gasteiger partial charge in [-0.3, -0.25) is 4.99 Å². The Hall–Kier alpha value is -0.0800. The molecule has 0 aromatic carbocycles. The van der Waals surface area contributed by atoms with E-state index in [-0.39, 0.29) is 24.0 Å². The third-order valence-electron chi connectivity index (χ3n) is 3.62. The number of hydrogen-bond acceptors (Lipinski definition) is 3. The molecule has 0 saturated heterocycles. The van der Waals surface area contributed by atoms with E-state index in [1.165, 1.54) is 38.5 Å². The monoisotopic (exact) mass is 413 g/mol. The predicted octanol–water partition coefficient (Wildman–Crippen LogP) is 2.67. The van der Waals surface area contributed by atoms with E-state index < -0.39 is 0 Å². The summed E-state index contributed by atoms with van der Waals surface area (Å²) in [7, 11) is 1.68. The van der Waals surface area contributed by atoms with Crippen LogP contribution in [0.25, 0.3) is 0 Å². The second kappa shape index (κ2) is 14.8. The summed E-state index contributed by atoms with van der Waals surface area (Å²) in [5, 5.41) is 3.36. The lowest BCUT2D eigenvalue weighted by atomic mass is 10.1. The van der Waals surface area contributed by atoms with Gasteiger partial charge in [0.05, 0.1) is 13.2 Å². The SMILES string of the molecule is COCCOCCCCN=C(N)NC1CCCCCC1.I. The van der Waals surface area contributed by atoms with Gasteiger partial charge in [0, 0.05) is 26.3 Å². The van der Waals surface area contributed by atoms with E-state index in [1.54, 1.807) is 7.11 Å². The number of hydrogen-bond donors (Lipinski definition) is 2. The molecule has 1 saturated carbocycles. The van der Waals surface area contributed by atoms with Gasteiger partial charge in [-0.1, -0.05) is 25.7 Å². The zero-order chi connectivity index (χ0) is 14.5. The number of nitrogens with zero attached hydrogens (tertiary/aromatic N) is 1. The molecule has 3 N–H and O–H groups in total. The second-order valence-corrected chi connectivity index (χ2v) is 5.41. The largest absolute Gasteiger partial charge is 0.382 e. The number of halogens is 1. The van der Waals surface area contributed by atoms with Crippen molar-refractivity contribution in [2.45, 2.75) is 57.4 Å². The maximum Gasteiger partial charge on any atom is 0.188 e. The number of guanidine groups is 1. The minimum absolute atomic E-state index is 0. The maximum atomic E-state index is 5.93. The van der Waals surface area contributed by atoms with Crippen LogP contribution in [0.2, 0.25) is 0 Å². The van der Waals surface area contributed by atoms with Crippen molar-refractivity contribution in [1.82, 2.24) is 5.32 Å². The molecule has 1 fully saturated rings. The van der Waals surface area contributed by atoms with Crippen LogP contribution < -0.4 is 11.1 Å². The Morgan fingerprint density at radius 2 is 1.81 bits per heavy atom. The molecule has 1 aliphatic rings. The minimum atomic E-state index is 0. The Morgan fingerprint density at radius 1 is 1.10 bits per heavy atom. The molecule has 0 aromatic rings. The summed E-state index contributed by atoms with van der Waals surface area (Å²) in [5.41, 5.74) is 5.93. The van der Waals surface area contributed by atoms with Crippen molar-refractivity contribution in [3.8, 4) is 0 Å². The number of rotatable bonds is 9. The molecule has 1 aliphatic carbocycles. The molecule has 5 nitrogen and oxygen atoms in total. The quantitative estimate of drug-likeness (QED) is 0.201. The summed E-state index contributed by atoms with van der Waals surface area (Å²) in [4.78, 5) is 4.39. The first-order chi connectivity index (χ1) is 9.83. The van der Waals surface area contributed by atoms with Crippen molar-refractivity contribution >= 4 is 29.9 Å². The summed E-state index contributed by atoms with van der Waals surface area (Å²) in [5.74, 6) is 0.609. The van der Waals surface area contributed by atoms with Crippen molar-refractivity contribution in [2.75, 3.05) is 33.5 Å². The third-order valence-corrected chi connectivity index (χ3v) is 3.62. The van der Waals surface area contributed by atoms with Gasteiger partial charge in [0.25, 0.3) is 0 Å². The Labute approximate surface area is 146 Å². The van der Waals surface area contributed by atoms with Gasteiger partial charge in [0.1, 0.15) is 0 Å². The Kier molecular flexibility index (Phi) is 14.8. The molecule has 0 aliphatic heterocycles. The third kappa shape index (κ3) is 12.2. The fourth-order valence-electron chi connectivity index (χ4n) is 2.44. The highest BCUT2D eigenvalue weighted by Crippen LogP contribution is 2.16. The van der Waals surface area contributed by atoms with E-state index in [0.29, 0.717) is 25.2 Å². The number of nitrogens with two attached hydrogens (primary N) is 1. The highest BCUT2D eigenvalue weighted by Gasteiger charge is 2.11. The molecule has 0 spiro atoms. The summed E-state index contributed by atoms with van der Waals surface area (Å²) in [6, 6.07) is 0.527. The van der Waals surface area contributed by atoms with Crippen molar-refractivity contribution in [2.24, 2.45) is 10.7 Å². The van der Waals surface area contributed by atoms with E-state index in [9.17, 15) is 0 Å². The summed E-state index contributed by atoms with van der Waals surface area (Å²) in [6.07, 6.45) is 9.82. The van der Waals surface area contributed by atoms with Crippen molar-refractivity contribution in [3.63, 3.8) is 0 Å². The lowest BCUT2D eigenvalue weighted by molar-refractivity contribution is 0.0690. The van der Waals surface area contributed by atoms with E-state index in [1.807, 2.05) is 0 Å². The van der Waals surface area contributed by atoms with Crippen LogP contribution in [0.4, 0.5) is 0 Å². The van der Waals surface area contributed by atoms with Gasteiger partial charge >= 0.3 is 0 Å². The first-order valence-electron chi connectivity index (χ1n) is 7.96. The molecular formula is C15H32IN3O2. The highest BCUT2D eigenvalue weighted by molar-refractivity contribution is 14.0. The van der Waals surface area contributed by atoms with E-state index in [4.69, 9.17) is 15.2 Å². The molecule has 6 heteroatoms. The predicted molar refractivity (Wildman–Crippen MR) is 98.5 cm³/mol. The first kappa shape index (κ1) is 20.9. The van der Waals surface area contributed by atoms with Crippen molar-refractivity contribution in [1.29, 1.82) is 0 Å². The van der Waals surface area contributed by atoms with Crippen LogP contribution in [0.15, 0.2) is 4.99 Å². The van der Waals surface area contributed by atoms with Crippen LogP contribution >= 0.6 is 24.0 Å². The molecule has 0 aromatic heterocycles. The average Bonchev–Trinajstić information content (AvgIpc) is 2.70. The lowest BCUT2D eigenvalue weighted by Gasteiger charge is -2.16. The molecule has 0 heterocycles. The van der Waals surface area contributed by atoms with Crippen LogP contribution in [0.3, 0.4) is 0 Å². The first-order valence-corrected chi connectivity index (χ1v) is 7.96. The van der Waals surface area contributed by atoms with E-state index in [0.717, 1.165) is 26.0 Å². The summed E-state index contributed by atoms with van der Waals surface area (Å²) in [6.45, 7) is 2.88. The zero-order valence-corrected chi connectivity index (χ0v) is 15.6. The number of unbranched alkanes of at least 4 members (excludes halogenated alkanes) is 1. The molecule has 0 radical (unpaired) electrons. The number of nitrogens with one attached hydrogen (secondary N) is 1.